The maximum absolute atomic E-state index is 11.2. The largest absolute Gasteiger partial charge is 1.00 e. The van der Waals surface area contributed by atoms with E-state index in [9.17, 15) is 16.9 Å². The van der Waals surface area contributed by atoms with E-state index in [0.717, 1.165) is 18.8 Å². The van der Waals surface area contributed by atoms with Crippen LogP contribution >= 0.6 is 0 Å². The molecule has 0 saturated heterocycles. The zero-order chi connectivity index (χ0) is 21.2. The second kappa shape index (κ2) is 11.7. The zero-order valence-corrected chi connectivity index (χ0v) is 20.9. The molecule has 0 bridgehead atoms. The number of rotatable bonds is 9. The second-order valence-corrected chi connectivity index (χ2v) is 11.9. The Balaban J connectivity index is 0.000000846. The van der Waals surface area contributed by atoms with Crippen molar-refractivity contribution in [2.45, 2.75) is 45.4 Å². The fourth-order valence-corrected chi connectivity index (χ4v) is 2.45. The van der Waals surface area contributed by atoms with Gasteiger partial charge in [0.1, 0.15) is 5.75 Å². The minimum atomic E-state index is -11.2. The molecular formula is C20H26F6IOSb-2. The maximum atomic E-state index is 9.93. The molecule has 168 valence electrons. The average Bonchev–Trinajstić information content (AvgIpc) is 2.60. The summed E-state index contributed by atoms with van der Waals surface area (Å²) in [7, 11) is 0. The Labute approximate surface area is 187 Å². The van der Waals surface area contributed by atoms with Gasteiger partial charge in [0.15, 0.2) is 0 Å². The van der Waals surface area contributed by atoms with Crippen molar-refractivity contribution in [3.63, 3.8) is 0 Å². The molecule has 0 saturated carbocycles. The van der Waals surface area contributed by atoms with Gasteiger partial charge in [-0.2, -0.15) is 0 Å². The molecule has 0 aliphatic rings. The third kappa shape index (κ3) is 19.1. The molecule has 0 heterocycles. The predicted molar refractivity (Wildman–Crippen MR) is 103 cm³/mol. The molecule has 0 amide bonds. The van der Waals surface area contributed by atoms with Crippen LogP contribution in [0, 0.1) is 0 Å². The molecule has 0 unspecified atom stereocenters. The van der Waals surface area contributed by atoms with Crippen LogP contribution in [0.2, 0.25) is 0 Å². The fourth-order valence-electron chi connectivity index (χ4n) is 2.45. The number of hydrogen-bond acceptors (Lipinski definition) is 1. The number of hydrogen-bond donors (Lipinski definition) is 0. The van der Waals surface area contributed by atoms with Gasteiger partial charge >= 0.3 is 36.4 Å². The standard InChI is InChI=1S/C20H26O.6FH.HI.Sb/c1-2-3-4-5-6-10-17-21-20-15-13-19(14-16-20)18-11-8-7-9-12-18;;;;;;;;/h7-9,11-16H,2-6,10,17H2,1H3;7*1H;/q;;;;;;;;+5/p-7. The summed E-state index contributed by atoms with van der Waals surface area (Å²) in [4.78, 5) is 0. The predicted octanol–water partition coefficient (Wildman–Crippen LogP) is 5.24. The van der Waals surface area contributed by atoms with Crippen LogP contribution in [0.4, 0.5) is 16.9 Å². The Bertz CT molecular complexity index is 679. The summed E-state index contributed by atoms with van der Waals surface area (Å²) in [6.45, 7) is 3.08. The number of ether oxygens (including phenoxy) is 1. The van der Waals surface area contributed by atoms with Gasteiger partial charge < -0.3 is 28.7 Å². The van der Waals surface area contributed by atoms with Crippen LogP contribution in [0.25, 0.3) is 11.1 Å². The Hall–Kier alpha value is -0.632. The first kappa shape index (κ1) is 28.4. The molecule has 0 atom stereocenters. The SMILES string of the molecule is CCCCCCCCOc1ccc(-c2ccccc2)cc1.[F][Sb-]([F])([F])([F])([F])[F].[I-]. The molecule has 2 aromatic rings. The van der Waals surface area contributed by atoms with Gasteiger partial charge in [0.05, 0.1) is 6.61 Å². The van der Waals surface area contributed by atoms with E-state index in [4.69, 9.17) is 4.74 Å². The van der Waals surface area contributed by atoms with Crippen LogP contribution < -0.4 is 28.7 Å². The van der Waals surface area contributed by atoms with Crippen molar-refractivity contribution in [3.05, 3.63) is 54.6 Å². The first-order valence-corrected chi connectivity index (χ1v) is 15.0. The van der Waals surface area contributed by atoms with Gasteiger partial charge in [-0.25, -0.2) is 0 Å². The monoisotopic (exact) mass is 644 g/mol. The van der Waals surface area contributed by atoms with Gasteiger partial charge in [-0.3, -0.25) is 0 Å². The third-order valence-corrected chi connectivity index (χ3v) is 3.73. The summed E-state index contributed by atoms with van der Waals surface area (Å²) in [6, 6.07) is 18.8. The van der Waals surface area contributed by atoms with E-state index >= 15 is 0 Å². The van der Waals surface area contributed by atoms with Crippen LogP contribution in [0.3, 0.4) is 0 Å². The Morgan fingerprint density at radius 2 is 1.10 bits per heavy atom. The van der Waals surface area contributed by atoms with Gasteiger partial charge in [-0.05, 0) is 29.7 Å². The minimum absolute atomic E-state index is 0. The van der Waals surface area contributed by atoms with E-state index in [1.165, 1.54) is 43.2 Å². The van der Waals surface area contributed by atoms with Gasteiger partial charge in [-0.15, -0.1) is 0 Å². The molecular weight excluding hydrogens is 619 g/mol. The molecule has 2 aromatic carbocycles. The first-order valence-electron chi connectivity index (χ1n) is 9.20. The van der Waals surface area contributed by atoms with Crippen molar-refractivity contribution in [3.8, 4) is 16.9 Å². The quantitative estimate of drug-likeness (QED) is 0.157. The molecule has 0 spiro atoms. The van der Waals surface area contributed by atoms with Gasteiger partial charge in [-0.1, -0.05) is 81.5 Å². The van der Waals surface area contributed by atoms with E-state index < -0.39 is 19.5 Å². The van der Waals surface area contributed by atoms with Gasteiger partial charge in [0.2, 0.25) is 0 Å². The molecule has 1 nitrogen and oxygen atoms in total. The van der Waals surface area contributed by atoms with Crippen LogP contribution in [0.1, 0.15) is 45.4 Å². The van der Waals surface area contributed by atoms with Crippen LogP contribution in [0.5, 0.6) is 5.75 Å². The number of benzene rings is 2. The van der Waals surface area contributed by atoms with E-state index in [0.29, 0.717) is 0 Å². The van der Waals surface area contributed by atoms with Crippen molar-refractivity contribution < 1.29 is 45.6 Å². The molecule has 0 aromatic heterocycles. The maximum Gasteiger partial charge on any atom is -1.00 e. The van der Waals surface area contributed by atoms with Gasteiger partial charge in [0.25, 0.3) is 0 Å². The smallest absolute Gasteiger partial charge is 1.00 e. The molecule has 2 rings (SSSR count). The van der Waals surface area contributed by atoms with Crippen LogP contribution in [-0.2, 0) is 0 Å². The molecule has 0 aliphatic heterocycles. The molecule has 0 aliphatic carbocycles. The summed E-state index contributed by atoms with van der Waals surface area (Å²) >= 11 is -11.2. The summed E-state index contributed by atoms with van der Waals surface area (Å²) < 4.78 is 65.4. The minimum Gasteiger partial charge on any atom is -1.00 e. The molecule has 0 radical (unpaired) electrons. The molecule has 0 fully saturated rings. The summed E-state index contributed by atoms with van der Waals surface area (Å²) in [5.41, 5.74) is 2.49. The molecule has 29 heavy (non-hydrogen) atoms. The summed E-state index contributed by atoms with van der Waals surface area (Å²) in [5, 5.41) is 0. The number of unbranched alkanes of at least 4 members (excludes halogenated alkanes) is 5. The third-order valence-electron chi connectivity index (χ3n) is 3.73. The van der Waals surface area contributed by atoms with Crippen molar-refractivity contribution in [2.75, 3.05) is 6.61 Å². The van der Waals surface area contributed by atoms with E-state index in [2.05, 4.69) is 55.5 Å². The topological polar surface area (TPSA) is 9.23 Å². The summed E-state index contributed by atoms with van der Waals surface area (Å²) in [5.74, 6) is 0.975. The normalized spacial score (nSPS) is 13.2. The first-order chi connectivity index (χ1) is 12.8. The van der Waals surface area contributed by atoms with E-state index in [1.54, 1.807) is 0 Å². The van der Waals surface area contributed by atoms with E-state index in [-0.39, 0.29) is 24.0 Å². The number of halogens is 7. The van der Waals surface area contributed by atoms with Crippen molar-refractivity contribution >= 4 is 19.5 Å². The van der Waals surface area contributed by atoms with Crippen LogP contribution in [0.15, 0.2) is 54.6 Å². The van der Waals surface area contributed by atoms with Crippen molar-refractivity contribution in [1.82, 2.24) is 0 Å². The fraction of sp³-hybridized carbons (Fsp3) is 0.400. The molecule has 0 N–H and O–H groups in total. The Kier molecular flexibility index (Phi) is 11.4. The Morgan fingerprint density at radius 3 is 1.62 bits per heavy atom. The molecule has 9 heteroatoms. The summed E-state index contributed by atoms with van der Waals surface area (Å²) in [6.07, 6.45) is 7.81. The van der Waals surface area contributed by atoms with Crippen LogP contribution in [-0.4, -0.2) is 26.1 Å². The Morgan fingerprint density at radius 1 is 0.655 bits per heavy atom. The second-order valence-electron chi connectivity index (χ2n) is 6.46. The van der Waals surface area contributed by atoms with E-state index in [1.807, 2.05) is 6.07 Å². The van der Waals surface area contributed by atoms with Crippen molar-refractivity contribution in [2.24, 2.45) is 0 Å². The van der Waals surface area contributed by atoms with Gasteiger partial charge in [0, 0.05) is 0 Å². The zero-order valence-electron chi connectivity index (χ0n) is 16.1. The average molecular weight is 645 g/mol. The van der Waals surface area contributed by atoms with Crippen molar-refractivity contribution in [1.29, 1.82) is 0 Å².